The average Bonchev–Trinajstić information content (AvgIpc) is 2.72. The van der Waals surface area contributed by atoms with Gasteiger partial charge in [0.05, 0.1) is 0 Å². The van der Waals surface area contributed by atoms with Gasteiger partial charge in [-0.1, -0.05) is 24.9 Å². The van der Waals surface area contributed by atoms with Gasteiger partial charge in [0.15, 0.2) is 0 Å². The van der Waals surface area contributed by atoms with E-state index in [1.54, 1.807) is 0 Å². The Bertz CT molecular complexity index is 188. The zero-order valence-electron chi connectivity index (χ0n) is 8.95. The van der Waals surface area contributed by atoms with Crippen LogP contribution in [0.5, 0.6) is 0 Å². The summed E-state index contributed by atoms with van der Waals surface area (Å²) >= 11 is 0. The van der Waals surface area contributed by atoms with Crippen molar-refractivity contribution in [2.45, 2.75) is 45.1 Å². The van der Waals surface area contributed by atoms with Crippen LogP contribution in [0.15, 0.2) is 5.16 Å². The normalized spacial score (nSPS) is 19.4. The summed E-state index contributed by atoms with van der Waals surface area (Å²) < 4.78 is 0. The van der Waals surface area contributed by atoms with Crippen LogP contribution in [0.2, 0.25) is 0 Å². The first-order chi connectivity index (χ1) is 6.77. The Morgan fingerprint density at radius 3 is 2.64 bits per heavy atom. The van der Waals surface area contributed by atoms with Crippen molar-refractivity contribution in [3.05, 3.63) is 0 Å². The molecular formula is C10H21N3O. The van der Waals surface area contributed by atoms with Crippen LogP contribution in [0.3, 0.4) is 0 Å². The molecule has 4 nitrogen and oxygen atoms in total. The lowest BCUT2D eigenvalue weighted by atomic mass is 10.2. The molecule has 1 rings (SSSR count). The third-order valence-corrected chi connectivity index (χ3v) is 3.03. The molecule has 0 atom stereocenters. The van der Waals surface area contributed by atoms with E-state index in [-0.39, 0.29) is 0 Å². The van der Waals surface area contributed by atoms with Gasteiger partial charge in [0.25, 0.3) is 0 Å². The summed E-state index contributed by atoms with van der Waals surface area (Å²) in [5.41, 5.74) is 5.45. The van der Waals surface area contributed by atoms with Gasteiger partial charge in [-0.3, -0.25) is 0 Å². The maximum absolute atomic E-state index is 8.43. The van der Waals surface area contributed by atoms with Crippen molar-refractivity contribution < 1.29 is 5.21 Å². The van der Waals surface area contributed by atoms with E-state index in [0.717, 1.165) is 19.1 Å². The van der Waals surface area contributed by atoms with Crippen LogP contribution in [0.25, 0.3) is 0 Å². The zero-order chi connectivity index (χ0) is 10.4. The highest BCUT2D eigenvalue weighted by atomic mass is 16.4. The van der Waals surface area contributed by atoms with Crippen molar-refractivity contribution in [1.29, 1.82) is 0 Å². The molecule has 0 saturated heterocycles. The fourth-order valence-electron chi connectivity index (χ4n) is 2.18. The van der Waals surface area contributed by atoms with Crippen LogP contribution in [0.1, 0.15) is 39.0 Å². The lowest BCUT2D eigenvalue weighted by Gasteiger charge is -2.26. The largest absolute Gasteiger partial charge is 0.409 e. The molecule has 0 heterocycles. The van der Waals surface area contributed by atoms with Crippen LogP contribution in [-0.4, -0.2) is 35.1 Å². The van der Waals surface area contributed by atoms with Gasteiger partial charge in [0.2, 0.25) is 0 Å². The van der Waals surface area contributed by atoms with Crippen LogP contribution in [-0.2, 0) is 0 Å². The van der Waals surface area contributed by atoms with Gasteiger partial charge >= 0.3 is 0 Å². The fraction of sp³-hybridized carbons (Fsp3) is 0.900. The smallest absolute Gasteiger partial charge is 0.140 e. The molecule has 3 N–H and O–H groups in total. The predicted molar refractivity (Wildman–Crippen MR) is 57.5 cm³/mol. The number of hydrogen-bond acceptors (Lipinski definition) is 3. The fourth-order valence-corrected chi connectivity index (χ4v) is 2.18. The number of hydrogen-bond donors (Lipinski definition) is 2. The maximum atomic E-state index is 8.43. The van der Waals surface area contributed by atoms with E-state index in [9.17, 15) is 0 Å². The van der Waals surface area contributed by atoms with Crippen LogP contribution >= 0.6 is 0 Å². The van der Waals surface area contributed by atoms with Crippen molar-refractivity contribution in [1.82, 2.24) is 4.90 Å². The first kappa shape index (κ1) is 11.3. The van der Waals surface area contributed by atoms with Gasteiger partial charge in [-0.25, -0.2) is 0 Å². The summed E-state index contributed by atoms with van der Waals surface area (Å²) in [5, 5.41) is 11.4. The second-order valence-electron chi connectivity index (χ2n) is 3.91. The van der Waals surface area contributed by atoms with E-state index in [0.29, 0.717) is 12.3 Å². The Labute approximate surface area is 85.8 Å². The number of rotatable bonds is 5. The minimum Gasteiger partial charge on any atom is -0.409 e. The minimum absolute atomic E-state index is 0.335. The molecule has 14 heavy (non-hydrogen) atoms. The highest BCUT2D eigenvalue weighted by Crippen LogP contribution is 2.23. The summed E-state index contributed by atoms with van der Waals surface area (Å²) in [4.78, 5) is 2.44. The van der Waals surface area contributed by atoms with Crippen LogP contribution in [0, 0.1) is 0 Å². The van der Waals surface area contributed by atoms with Crippen molar-refractivity contribution >= 4 is 5.84 Å². The van der Waals surface area contributed by atoms with E-state index in [1.165, 1.54) is 25.7 Å². The first-order valence-corrected chi connectivity index (χ1v) is 5.48. The molecule has 1 aliphatic carbocycles. The SMILES string of the molecule is CCN(CC/C(N)=N/O)C1CCCC1. The molecule has 4 heteroatoms. The topological polar surface area (TPSA) is 61.8 Å². The van der Waals surface area contributed by atoms with Gasteiger partial charge in [-0.15, -0.1) is 0 Å². The molecule has 0 aromatic rings. The number of nitrogens with zero attached hydrogens (tertiary/aromatic N) is 2. The highest BCUT2D eigenvalue weighted by Gasteiger charge is 2.20. The number of amidine groups is 1. The Kier molecular flexibility index (Phi) is 4.73. The predicted octanol–water partition coefficient (Wildman–Crippen LogP) is 1.39. The quantitative estimate of drug-likeness (QED) is 0.304. The number of oxime groups is 1. The second kappa shape index (κ2) is 5.86. The van der Waals surface area contributed by atoms with E-state index >= 15 is 0 Å². The van der Waals surface area contributed by atoms with Crippen molar-refractivity contribution in [2.24, 2.45) is 10.9 Å². The van der Waals surface area contributed by atoms with Gasteiger partial charge in [-0.2, -0.15) is 0 Å². The molecular weight excluding hydrogens is 178 g/mol. The molecule has 0 aromatic carbocycles. The molecule has 0 spiro atoms. The van der Waals surface area contributed by atoms with Crippen LogP contribution in [0.4, 0.5) is 0 Å². The molecule has 0 radical (unpaired) electrons. The lowest BCUT2D eigenvalue weighted by molar-refractivity contribution is 0.213. The Hall–Kier alpha value is -0.770. The van der Waals surface area contributed by atoms with E-state index in [1.807, 2.05) is 0 Å². The first-order valence-electron chi connectivity index (χ1n) is 5.48. The Balaban J connectivity index is 2.30. The second-order valence-corrected chi connectivity index (χ2v) is 3.91. The van der Waals surface area contributed by atoms with Gasteiger partial charge in [0, 0.05) is 19.0 Å². The molecule has 0 aliphatic heterocycles. The van der Waals surface area contributed by atoms with Gasteiger partial charge in [-0.05, 0) is 19.4 Å². The Morgan fingerprint density at radius 1 is 1.50 bits per heavy atom. The maximum Gasteiger partial charge on any atom is 0.140 e. The third-order valence-electron chi connectivity index (χ3n) is 3.03. The summed E-state index contributed by atoms with van der Waals surface area (Å²) in [6.45, 7) is 4.14. The molecule has 1 saturated carbocycles. The molecule has 0 amide bonds. The molecule has 82 valence electrons. The van der Waals surface area contributed by atoms with E-state index in [2.05, 4.69) is 17.0 Å². The highest BCUT2D eigenvalue weighted by molar-refractivity contribution is 5.79. The van der Waals surface area contributed by atoms with E-state index < -0.39 is 0 Å². The van der Waals surface area contributed by atoms with Crippen molar-refractivity contribution in [2.75, 3.05) is 13.1 Å². The number of nitrogens with two attached hydrogens (primary N) is 1. The van der Waals surface area contributed by atoms with E-state index in [4.69, 9.17) is 10.9 Å². The monoisotopic (exact) mass is 199 g/mol. The molecule has 0 aromatic heterocycles. The standard InChI is InChI=1S/C10H21N3O/c1-2-13(8-7-10(11)12-14)9-5-3-4-6-9/h9,14H,2-8H2,1H3,(H2,11,12). The molecule has 1 aliphatic rings. The van der Waals surface area contributed by atoms with Crippen LogP contribution < -0.4 is 5.73 Å². The summed E-state index contributed by atoms with van der Waals surface area (Å²) in [6, 6.07) is 0.728. The molecule has 0 bridgehead atoms. The summed E-state index contributed by atoms with van der Waals surface area (Å²) in [6.07, 6.45) is 5.99. The zero-order valence-corrected chi connectivity index (χ0v) is 8.95. The van der Waals surface area contributed by atoms with Crippen molar-refractivity contribution in [3.8, 4) is 0 Å². The minimum atomic E-state index is 0.335. The summed E-state index contributed by atoms with van der Waals surface area (Å²) in [7, 11) is 0. The summed E-state index contributed by atoms with van der Waals surface area (Å²) in [5.74, 6) is 0.335. The average molecular weight is 199 g/mol. The third kappa shape index (κ3) is 3.18. The molecule has 0 unspecified atom stereocenters. The van der Waals surface area contributed by atoms with Crippen molar-refractivity contribution in [3.63, 3.8) is 0 Å². The Morgan fingerprint density at radius 2 is 2.14 bits per heavy atom. The van der Waals surface area contributed by atoms with Gasteiger partial charge < -0.3 is 15.8 Å². The molecule has 1 fully saturated rings. The lowest BCUT2D eigenvalue weighted by Crippen LogP contribution is -2.35. The van der Waals surface area contributed by atoms with Gasteiger partial charge in [0.1, 0.15) is 5.84 Å².